The van der Waals surface area contributed by atoms with E-state index in [2.05, 4.69) is 0 Å². The molecule has 0 aliphatic heterocycles. The van der Waals surface area contributed by atoms with Gasteiger partial charge in [-0.3, -0.25) is 9.59 Å². The largest absolute Gasteiger partial charge is 0.497 e. The summed E-state index contributed by atoms with van der Waals surface area (Å²) in [7, 11) is 3.20. The van der Waals surface area contributed by atoms with Gasteiger partial charge in [-0.15, -0.1) is 0 Å². The molecule has 2 rings (SSSR count). The zero-order valence-electron chi connectivity index (χ0n) is 14.9. The van der Waals surface area contributed by atoms with E-state index in [4.69, 9.17) is 14.2 Å². The zero-order chi connectivity index (χ0) is 18.8. The van der Waals surface area contributed by atoms with Crippen LogP contribution >= 0.6 is 0 Å². The number of carbonyl (C=O) groups excluding carboxylic acids is 2. The quantitative estimate of drug-likeness (QED) is 0.283. The van der Waals surface area contributed by atoms with Crippen LogP contribution in [0.25, 0.3) is 11.6 Å². The van der Waals surface area contributed by atoms with Gasteiger partial charge in [0.1, 0.15) is 11.5 Å². The Morgan fingerprint density at radius 2 is 1.77 bits per heavy atom. The van der Waals surface area contributed by atoms with Crippen LogP contribution in [0.5, 0.6) is 11.5 Å². The van der Waals surface area contributed by atoms with Crippen molar-refractivity contribution in [2.24, 2.45) is 0 Å². The third-order valence-electron chi connectivity index (χ3n) is 3.95. The predicted octanol–water partition coefficient (Wildman–Crippen LogP) is 3.55. The van der Waals surface area contributed by atoms with E-state index in [0.717, 1.165) is 41.6 Å². The van der Waals surface area contributed by atoms with Crippen molar-refractivity contribution in [3.05, 3.63) is 59.2 Å². The number of hydrogen-bond acceptors (Lipinski definition) is 5. The maximum absolute atomic E-state index is 11.6. The number of allylic oxidation sites excluding steroid dienone is 1. The second-order valence-corrected chi connectivity index (χ2v) is 5.59. The number of aldehydes is 1. The SMILES string of the molecule is COc1ccc(/C(C=O)=C/c2ccc(CCCOC=O)cc2OC)cc1. The van der Waals surface area contributed by atoms with Crippen molar-refractivity contribution < 1.29 is 23.8 Å². The number of carbonyl (C=O) groups is 2. The molecule has 0 atom stereocenters. The molecule has 0 N–H and O–H groups in total. The highest BCUT2D eigenvalue weighted by Crippen LogP contribution is 2.26. The van der Waals surface area contributed by atoms with Crippen LogP contribution in [0, 0.1) is 0 Å². The average molecular weight is 354 g/mol. The Balaban J connectivity index is 2.22. The molecule has 0 unspecified atom stereocenters. The molecular formula is C21H22O5. The molecule has 0 heterocycles. The summed E-state index contributed by atoms with van der Waals surface area (Å²) in [6, 6.07) is 13.1. The molecule has 0 fully saturated rings. The molecule has 0 amide bonds. The minimum atomic E-state index is 0.389. The molecule has 136 valence electrons. The normalized spacial score (nSPS) is 10.9. The van der Waals surface area contributed by atoms with Crippen LogP contribution in [-0.4, -0.2) is 33.6 Å². The summed E-state index contributed by atoms with van der Waals surface area (Å²) in [5, 5.41) is 0. The number of benzene rings is 2. The van der Waals surface area contributed by atoms with Crippen LogP contribution in [0.3, 0.4) is 0 Å². The Morgan fingerprint density at radius 3 is 2.38 bits per heavy atom. The molecule has 0 saturated heterocycles. The van der Waals surface area contributed by atoms with Gasteiger partial charge >= 0.3 is 0 Å². The van der Waals surface area contributed by atoms with E-state index in [9.17, 15) is 9.59 Å². The molecular weight excluding hydrogens is 332 g/mol. The molecule has 2 aromatic rings. The molecule has 5 nitrogen and oxygen atoms in total. The first-order valence-corrected chi connectivity index (χ1v) is 8.25. The fraction of sp³-hybridized carbons (Fsp3) is 0.238. The second-order valence-electron chi connectivity index (χ2n) is 5.59. The van der Waals surface area contributed by atoms with E-state index >= 15 is 0 Å². The van der Waals surface area contributed by atoms with Gasteiger partial charge in [-0.05, 0) is 48.2 Å². The van der Waals surface area contributed by atoms with Crippen molar-refractivity contribution in [2.45, 2.75) is 12.8 Å². The first kappa shape index (κ1) is 19.2. The highest BCUT2D eigenvalue weighted by molar-refractivity contribution is 6.13. The van der Waals surface area contributed by atoms with Gasteiger partial charge in [-0.1, -0.05) is 24.3 Å². The topological polar surface area (TPSA) is 61.8 Å². The summed E-state index contributed by atoms with van der Waals surface area (Å²) in [4.78, 5) is 21.7. The van der Waals surface area contributed by atoms with E-state index in [1.807, 2.05) is 42.5 Å². The van der Waals surface area contributed by atoms with E-state index in [-0.39, 0.29) is 0 Å². The summed E-state index contributed by atoms with van der Waals surface area (Å²) in [5.74, 6) is 1.42. The molecule has 0 aliphatic carbocycles. The maximum Gasteiger partial charge on any atom is 0.293 e. The summed E-state index contributed by atoms with van der Waals surface area (Å²) in [5.41, 5.74) is 3.25. The lowest BCUT2D eigenvalue weighted by atomic mass is 10.0. The fourth-order valence-electron chi connectivity index (χ4n) is 2.57. The molecule has 0 spiro atoms. The second kappa shape index (κ2) is 10.0. The lowest BCUT2D eigenvalue weighted by Crippen LogP contribution is -1.96. The van der Waals surface area contributed by atoms with Crippen LogP contribution in [0.15, 0.2) is 42.5 Å². The average Bonchev–Trinajstić information content (AvgIpc) is 2.70. The van der Waals surface area contributed by atoms with Crippen LogP contribution in [-0.2, 0) is 20.7 Å². The van der Waals surface area contributed by atoms with Gasteiger partial charge in [0.15, 0.2) is 6.29 Å². The lowest BCUT2D eigenvalue weighted by molar-refractivity contribution is -0.128. The molecule has 0 saturated carbocycles. The van der Waals surface area contributed by atoms with Crippen molar-refractivity contribution >= 4 is 24.4 Å². The van der Waals surface area contributed by atoms with Gasteiger partial charge in [-0.25, -0.2) is 0 Å². The summed E-state index contributed by atoms with van der Waals surface area (Å²) in [6.07, 6.45) is 4.13. The third-order valence-corrected chi connectivity index (χ3v) is 3.95. The molecule has 5 heteroatoms. The van der Waals surface area contributed by atoms with E-state index in [1.165, 1.54) is 0 Å². The minimum Gasteiger partial charge on any atom is -0.497 e. The van der Waals surface area contributed by atoms with Gasteiger partial charge in [0, 0.05) is 11.1 Å². The fourth-order valence-corrected chi connectivity index (χ4v) is 2.57. The zero-order valence-corrected chi connectivity index (χ0v) is 14.9. The lowest BCUT2D eigenvalue weighted by Gasteiger charge is -2.09. The van der Waals surface area contributed by atoms with Crippen molar-refractivity contribution in [3.63, 3.8) is 0 Å². The summed E-state index contributed by atoms with van der Waals surface area (Å²) < 4.78 is 15.3. The molecule has 26 heavy (non-hydrogen) atoms. The van der Waals surface area contributed by atoms with Gasteiger partial charge < -0.3 is 14.2 Å². The van der Waals surface area contributed by atoms with Crippen LogP contribution in [0.4, 0.5) is 0 Å². The Morgan fingerprint density at radius 1 is 1.00 bits per heavy atom. The van der Waals surface area contributed by atoms with Gasteiger partial charge in [-0.2, -0.15) is 0 Å². The molecule has 0 aromatic heterocycles. The van der Waals surface area contributed by atoms with Crippen molar-refractivity contribution in [1.29, 1.82) is 0 Å². The Hall–Kier alpha value is -3.08. The van der Waals surface area contributed by atoms with Crippen molar-refractivity contribution in [3.8, 4) is 11.5 Å². The highest BCUT2D eigenvalue weighted by atomic mass is 16.5. The number of aryl methyl sites for hydroxylation is 1. The number of ether oxygens (including phenoxy) is 3. The monoisotopic (exact) mass is 354 g/mol. The number of hydrogen-bond donors (Lipinski definition) is 0. The van der Waals surface area contributed by atoms with Crippen LogP contribution < -0.4 is 9.47 Å². The molecule has 0 aliphatic rings. The Kier molecular flexibility index (Phi) is 7.43. The Labute approximate surface area is 153 Å². The smallest absolute Gasteiger partial charge is 0.293 e. The van der Waals surface area contributed by atoms with Crippen molar-refractivity contribution in [1.82, 2.24) is 0 Å². The van der Waals surface area contributed by atoms with Crippen LogP contribution in [0.2, 0.25) is 0 Å². The summed E-state index contributed by atoms with van der Waals surface area (Å²) in [6.45, 7) is 0.842. The molecule has 0 radical (unpaired) electrons. The van der Waals surface area contributed by atoms with Crippen LogP contribution in [0.1, 0.15) is 23.1 Å². The van der Waals surface area contributed by atoms with E-state index in [0.29, 0.717) is 24.4 Å². The Bertz CT molecular complexity index is 762. The van der Waals surface area contributed by atoms with Crippen molar-refractivity contribution in [2.75, 3.05) is 20.8 Å². The van der Waals surface area contributed by atoms with Gasteiger partial charge in [0.05, 0.1) is 20.8 Å². The predicted molar refractivity (Wildman–Crippen MR) is 100 cm³/mol. The minimum absolute atomic E-state index is 0.389. The molecule has 0 bridgehead atoms. The third kappa shape index (κ3) is 5.21. The first-order chi connectivity index (χ1) is 12.7. The molecule has 2 aromatic carbocycles. The summed E-state index contributed by atoms with van der Waals surface area (Å²) >= 11 is 0. The standard InChI is InChI=1S/C21H22O5/c1-24-20-9-7-17(8-10-20)19(14-22)13-18-6-5-16(12-21(18)25-2)4-3-11-26-15-23/h5-10,12-15H,3-4,11H2,1-2H3/b19-13+. The van der Waals surface area contributed by atoms with E-state index < -0.39 is 0 Å². The van der Waals surface area contributed by atoms with E-state index in [1.54, 1.807) is 20.3 Å². The maximum atomic E-state index is 11.6. The van der Waals surface area contributed by atoms with Gasteiger partial charge in [0.2, 0.25) is 0 Å². The highest BCUT2D eigenvalue weighted by Gasteiger charge is 2.07. The van der Waals surface area contributed by atoms with Gasteiger partial charge in [0.25, 0.3) is 6.47 Å². The number of methoxy groups -OCH3 is 2. The number of rotatable bonds is 10. The first-order valence-electron chi connectivity index (χ1n) is 8.25.